The first-order valence-electron chi connectivity index (χ1n) is 8.52. The number of esters is 1. The standard InChI is InChI=1S/C19H24N2O4S/c1-6-21-13(4)16(12(3)17(21)19(24)25-7-2)14(22)11-20(5)18(23)15-9-8-10-26-15/h8-10H,6-7,11H2,1-5H3. The lowest BCUT2D eigenvalue weighted by molar-refractivity contribution is 0.0512. The van der Waals surface area contributed by atoms with Crippen LogP contribution in [0.5, 0.6) is 0 Å². The Morgan fingerprint density at radius 1 is 1.23 bits per heavy atom. The number of nitrogens with zero attached hydrogens (tertiary/aromatic N) is 2. The van der Waals surface area contributed by atoms with Crippen LogP contribution in [-0.4, -0.2) is 47.3 Å². The molecule has 0 radical (unpaired) electrons. The quantitative estimate of drug-likeness (QED) is 0.549. The van der Waals surface area contributed by atoms with Crippen LogP contribution in [0.2, 0.25) is 0 Å². The Balaban J connectivity index is 2.31. The molecule has 0 fully saturated rings. The summed E-state index contributed by atoms with van der Waals surface area (Å²) in [5, 5.41) is 1.82. The van der Waals surface area contributed by atoms with Crippen LogP contribution in [0, 0.1) is 13.8 Å². The summed E-state index contributed by atoms with van der Waals surface area (Å²) in [6.07, 6.45) is 0. The van der Waals surface area contributed by atoms with Gasteiger partial charge >= 0.3 is 5.97 Å². The summed E-state index contributed by atoms with van der Waals surface area (Å²) in [7, 11) is 1.60. The average Bonchev–Trinajstić information content (AvgIpc) is 3.20. The van der Waals surface area contributed by atoms with Gasteiger partial charge in [-0.1, -0.05) is 6.07 Å². The third kappa shape index (κ3) is 3.72. The monoisotopic (exact) mass is 376 g/mol. The van der Waals surface area contributed by atoms with Gasteiger partial charge in [0.2, 0.25) is 0 Å². The van der Waals surface area contributed by atoms with E-state index in [4.69, 9.17) is 4.74 Å². The molecule has 0 unspecified atom stereocenters. The van der Waals surface area contributed by atoms with Crippen LogP contribution < -0.4 is 0 Å². The first-order chi connectivity index (χ1) is 12.3. The minimum absolute atomic E-state index is 0.0472. The second-order valence-electron chi connectivity index (χ2n) is 5.96. The van der Waals surface area contributed by atoms with E-state index in [2.05, 4.69) is 0 Å². The molecule has 7 heteroatoms. The smallest absolute Gasteiger partial charge is 0.355 e. The molecule has 0 atom stereocenters. The predicted molar refractivity (Wildman–Crippen MR) is 101 cm³/mol. The fourth-order valence-electron chi connectivity index (χ4n) is 3.12. The van der Waals surface area contributed by atoms with E-state index in [-0.39, 0.29) is 24.8 Å². The van der Waals surface area contributed by atoms with Crippen molar-refractivity contribution >= 4 is 29.0 Å². The van der Waals surface area contributed by atoms with Gasteiger partial charge in [-0.25, -0.2) is 4.79 Å². The maximum Gasteiger partial charge on any atom is 0.355 e. The lowest BCUT2D eigenvalue weighted by Crippen LogP contribution is -2.32. The second-order valence-corrected chi connectivity index (χ2v) is 6.91. The number of amides is 1. The lowest BCUT2D eigenvalue weighted by atomic mass is 10.1. The van der Waals surface area contributed by atoms with Crippen LogP contribution in [0.25, 0.3) is 0 Å². The van der Waals surface area contributed by atoms with Crippen LogP contribution in [-0.2, 0) is 11.3 Å². The minimum Gasteiger partial charge on any atom is -0.461 e. The van der Waals surface area contributed by atoms with Crippen molar-refractivity contribution in [2.24, 2.45) is 0 Å². The van der Waals surface area contributed by atoms with Gasteiger partial charge in [0.1, 0.15) is 5.69 Å². The van der Waals surface area contributed by atoms with E-state index in [9.17, 15) is 14.4 Å². The van der Waals surface area contributed by atoms with Gasteiger partial charge in [-0.05, 0) is 44.7 Å². The third-order valence-corrected chi connectivity index (χ3v) is 5.15. The number of thiophene rings is 1. The molecule has 0 aliphatic carbocycles. The number of ketones is 1. The zero-order valence-corrected chi connectivity index (χ0v) is 16.6. The van der Waals surface area contributed by atoms with Gasteiger partial charge < -0.3 is 14.2 Å². The highest BCUT2D eigenvalue weighted by Crippen LogP contribution is 2.24. The SMILES string of the molecule is CCOC(=O)c1c(C)c(C(=O)CN(C)C(=O)c2cccs2)c(C)n1CC. The highest BCUT2D eigenvalue weighted by molar-refractivity contribution is 7.12. The summed E-state index contributed by atoms with van der Waals surface area (Å²) in [4.78, 5) is 39.5. The molecule has 0 aliphatic rings. The van der Waals surface area contributed by atoms with Gasteiger partial charge in [0.15, 0.2) is 5.78 Å². The normalized spacial score (nSPS) is 10.7. The Morgan fingerprint density at radius 3 is 2.46 bits per heavy atom. The molecule has 6 nitrogen and oxygen atoms in total. The van der Waals surface area contributed by atoms with Crippen molar-refractivity contribution in [1.29, 1.82) is 0 Å². The summed E-state index contributed by atoms with van der Waals surface area (Å²) in [6, 6.07) is 3.53. The second kappa shape index (κ2) is 8.31. The van der Waals surface area contributed by atoms with E-state index in [1.54, 1.807) is 37.6 Å². The largest absolute Gasteiger partial charge is 0.461 e. The van der Waals surface area contributed by atoms with Gasteiger partial charge in [-0.15, -0.1) is 11.3 Å². The van der Waals surface area contributed by atoms with Gasteiger partial charge in [-0.2, -0.15) is 0 Å². The molecule has 2 heterocycles. The number of hydrogen-bond donors (Lipinski definition) is 0. The van der Waals surface area contributed by atoms with Crippen LogP contribution in [0.4, 0.5) is 0 Å². The third-order valence-electron chi connectivity index (χ3n) is 4.29. The summed E-state index contributed by atoms with van der Waals surface area (Å²) in [6.45, 7) is 8.00. The van der Waals surface area contributed by atoms with E-state index in [0.29, 0.717) is 28.2 Å². The highest BCUT2D eigenvalue weighted by atomic mass is 32.1. The van der Waals surface area contributed by atoms with Crippen LogP contribution in [0.15, 0.2) is 17.5 Å². The Labute approximate surface area is 157 Å². The molecule has 2 aromatic heterocycles. The zero-order valence-electron chi connectivity index (χ0n) is 15.8. The maximum absolute atomic E-state index is 12.9. The molecule has 2 rings (SSSR count). The molecule has 0 N–H and O–H groups in total. The Bertz CT molecular complexity index is 821. The van der Waals surface area contributed by atoms with E-state index in [1.165, 1.54) is 16.2 Å². The highest BCUT2D eigenvalue weighted by Gasteiger charge is 2.27. The van der Waals surface area contributed by atoms with Gasteiger partial charge in [0, 0.05) is 24.8 Å². The molecule has 1 amide bonds. The molecule has 26 heavy (non-hydrogen) atoms. The number of carbonyl (C=O) groups excluding carboxylic acids is 3. The van der Waals surface area contributed by atoms with Crippen molar-refractivity contribution in [3.8, 4) is 0 Å². The Morgan fingerprint density at radius 2 is 1.92 bits per heavy atom. The first kappa shape index (κ1) is 19.9. The van der Waals surface area contributed by atoms with Crippen LogP contribution >= 0.6 is 11.3 Å². The van der Waals surface area contributed by atoms with E-state index < -0.39 is 5.97 Å². The van der Waals surface area contributed by atoms with Crippen molar-refractivity contribution in [2.75, 3.05) is 20.2 Å². The van der Waals surface area contributed by atoms with E-state index in [0.717, 1.165) is 5.69 Å². The number of Topliss-reactive ketones (excluding diaryl/α,β-unsaturated/α-hetero) is 1. The molecular weight excluding hydrogens is 352 g/mol. The molecule has 2 aromatic rings. The molecule has 140 valence electrons. The van der Waals surface area contributed by atoms with E-state index >= 15 is 0 Å². The predicted octanol–water partition coefficient (Wildman–Crippen LogP) is 3.32. The molecule has 0 saturated heterocycles. The molecule has 0 saturated carbocycles. The maximum atomic E-state index is 12.9. The molecular formula is C19H24N2O4S. The van der Waals surface area contributed by atoms with Crippen molar-refractivity contribution in [3.63, 3.8) is 0 Å². The summed E-state index contributed by atoms with van der Waals surface area (Å²) in [5.74, 6) is -0.814. The van der Waals surface area contributed by atoms with Crippen molar-refractivity contribution < 1.29 is 19.1 Å². The fourth-order valence-corrected chi connectivity index (χ4v) is 3.84. The van der Waals surface area contributed by atoms with Crippen molar-refractivity contribution in [3.05, 3.63) is 44.9 Å². The number of hydrogen-bond acceptors (Lipinski definition) is 5. The molecule has 0 aromatic carbocycles. The summed E-state index contributed by atoms with van der Waals surface area (Å²) < 4.78 is 6.93. The number of ether oxygens (including phenoxy) is 1. The topological polar surface area (TPSA) is 68.6 Å². The van der Waals surface area contributed by atoms with Gasteiger partial charge in [-0.3, -0.25) is 9.59 Å². The van der Waals surface area contributed by atoms with E-state index in [1.807, 2.05) is 19.2 Å². The van der Waals surface area contributed by atoms with Gasteiger partial charge in [0.25, 0.3) is 5.91 Å². The molecule has 0 aliphatic heterocycles. The fraction of sp³-hybridized carbons (Fsp3) is 0.421. The van der Waals surface area contributed by atoms with Crippen molar-refractivity contribution in [2.45, 2.75) is 34.2 Å². The number of aromatic nitrogens is 1. The van der Waals surface area contributed by atoms with Crippen LogP contribution in [0.1, 0.15) is 55.6 Å². The Kier molecular flexibility index (Phi) is 6.37. The van der Waals surface area contributed by atoms with Crippen LogP contribution in [0.3, 0.4) is 0 Å². The van der Waals surface area contributed by atoms with Gasteiger partial charge in [0.05, 0.1) is 18.0 Å². The van der Waals surface area contributed by atoms with Crippen molar-refractivity contribution in [1.82, 2.24) is 9.47 Å². The summed E-state index contributed by atoms with van der Waals surface area (Å²) >= 11 is 1.34. The first-order valence-corrected chi connectivity index (χ1v) is 9.40. The average molecular weight is 376 g/mol. The number of rotatable bonds is 7. The molecule has 0 spiro atoms. The molecule has 0 bridgehead atoms. The number of likely N-dealkylation sites (N-methyl/N-ethyl adjacent to an activating group) is 1. The minimum atomic E-state index is -0.433. The zero-order chi connectivity index (χ0) is 19.4. The lowest BCUT2D eigenvalue weighted by Gasteiger charge is -2.15. The number of carbonyl (C=O) groups is 3. The Hall–Kier alpha value is -2.41. The summed E-state index contributed by atoms with van der Waals surface area (Å²) in [5.41, 5.74) is 2.21.